The second kappa shape index (κ2) is 5.36. The molecule has 0 aliphatic rings. The molecule has 1 rings (SSSR count). The fourth-order valence-corrected chi connectivity index (χ4v) is 1.99. The van der Waals surface area contributed by atoms with E-state index in [1.165, 1.54) is 11.8 Å². The van der Waals surface area contributed by atoms with E-state index in [9.17, 15) is 4.79 Å². The van der Waals surface area contributed by atoms with Gasteiger partial charge in [-0.1, -0.05) is 0 Å². The Labute approximate surface area is 99.3 Å². The Morgan fingerprint density at radius 3 is 2.94 bits per heavy atom. The first-order valence-corrected chi connectivity index (χ1v) is 6.02. The van der Waals surface area contributed by atoms with E-state index in [-0.39, 0.29) is 5.97 Å². The van der Waals surface area contributed by atoms with Crippen LogP contribution in [0.3, 0.4) is 0 Å². The maximum Gasteiger partial charge on any atom is 0.326 e. The van der Waals surface area contributed by atoms with E-state index in [2.05, 4.69) is 5.10 Å². The average Bonchev–Trinajstić information content (AvgIpc) is 2.62. The van der Waals surface area contributed by atoms with Crippen LogP contribution in [0.4, 0.5) is 0 Å². The highest BCUT2D eigenvalue weighted by atomic mass is 32.2. The number of carbonyl (C=O) groups excluding carboxylic acids is 1. The number of aryl methyl sites for hydroxylation is 1. The molecule has 0 spiro atoms. The number of ether oxygens (including phenoxy) is 1. The van der Waals surface area contributed by atoms with Gasteiger partial charge in [0.15, 0.2) is 0 Å². The molecule has 1 aromatic heterocycles. The van der Waals surface area contributed by atoms with Crippen LogP contribution in [0, 0.1) is 0 Å². The highest BCUT2D eigenvalue weighted by molar-refractivity contribution is 7.99. The first kappa shape index (κ1) is 13.1. The van der Waals surface area contributed by atoms with Crippen LogP contribution >= 0.6 is 11.8 Å². The van der Waals surface area contributed by atoms with Crippen molar-refractivity contribution in [2.24, 2.45) is 12.8 Å². The van der Waals surface area contributed by atoms with Crippen LogP contribution in [0.15, 0.2) is 17.3 Å². The quantitative estimate of drug-likeness (QED) is 0.611. The highest BCUT2D eigenvalue weighted by Gasteiger charge is 2.30. The van der Waals surface area contributed by atoms with Crippen LogP contribution < -0.4 is 5.73 Å². The summed E-state index contributed by atoms with van der Waals surface area (Å²) >= 11 is 1.49. The zero-order chi connectivity index (χ0) is 12.2. The number of nitrogens with zero attached hydrogens (tertiary/aromatic N) is 2. The van der Waals surface area contributed by atoms with Gasteiger partial charge in [0.25, 0.3) is 0 Å². The predicted molar refractivity (Wildman–Crippen MR) is 63.2 cm³/mol. The van der Waals surface area contributed by atoms with Crippen molar-refractivity contribution in [3.63, 3.8) is 0 Å². The minimum Gasteiger partial charge on any atom is -0.465 e. The third-order valence-corrected chi connectivity index (χ3v) is 3.25. The first-order valence-electron chi connectivity index (χ1n) is 5.03. The number of hydrogen-bond acceptors (Lipinski definition) is 5. The molecule has 90 valence electrons. The van der Waals surface area contributed by atoms with Gasteiger partial charge in [0.2, 0.25) is 0 Å². The molecule has 2 N–H and O–H groups in total. The molecule has 0 aliphatic heterocycles. The van der Waals surface area contributed by atoms with Crippen molar-refractivity contribution in [1.82, 2.24) is 9.78 Å². The molecule has 0 aromatic carbocycles. The Morgan fingerprint density at radius 2 is 2.44 bits per heavy atom. The molecule has 0 aliphatic carbocycles. The lowest BCUT2D eigenvalue weighted by Crippen LogP contribution is -2.48. The van der Waals surface area contributed by atoms with Crippen molar-refractivity contribution in [2.75, 3.05) is 12.4 Å². The minimum absolute atomic E-state index is 0.350. The summed E-state index contributed by atoms with van der Waals surface area (Å²) in [6.07, 6.45) is 3.62. The van der Waals surface area contributed by atoms with Crippen molar-refractivity contribution in [3.05, 3.63) is 12.4 Å². The Kier molecular flexibility index (Phi) is 4.37. The topological polar surface area (TPSA) is 70.1 Å². The van der Waals surface area contributed by atoms with E-state index in [1.807, 2.05) is 13.2 Å². The summed E-state index contributed by atoms with van der Waals surface area (Å²) in [5.74, 6) is 0.101. The molecule has 0 amide bonds. The SMILES string of the molecule is CCOC(=O)C(C)(N)CSc1cnn(C)c1. The molecule has 1 heterocycles. The lowest BCUT2D eigenvalue weighted by molar-refractivity contribution is -0.148. The van der Waals surface area contributed by atoms with E-state index < -0.39 is 5.54 Å². The molecule has 0 saturated heterocycles. The normalized spacial score (nSPS) is 14.5. The lowest BCUT2D eigenvalue weighted by Gasteiger charge is -2.21. The van der Waals surface area contributed by atoms with Gasteiger partial charge in [-0.2, -0.15) is 5.10 Å². The van der Waals surface area contributed by atoms with E-state index >= 15 is 0 Å². The van der Waals surface area contributed by atoms with Crippen LogP contribution in [-0.4, -0.2) is 33.6 Å². The zero-order valence-electron chi connectivity index (χ0n) is 9.77. The molecule has 0 radical (unpaired) electrons. The second-order valence-electron chi connectivity index (χ2n) is 3.78. The maximum absolute atomic E-state index is 11.5. The van der Waals surface area contributed by atoms with E-state index in [0.717, 1.165) is 4.90 Å². The monoisotopic (exact) mass is 243 g/mol. The van der Waals surface area contributed by atoms with Crippen LogP contribution in [0.2, 0.25) is 0 Å². The third-order valence-electron chi connectivity index (χ3n) is 1.96. The third kappa shape index (κ3) is 3.53. The fourth-order valence-electron chi connectivity index (χ4n) is 1.06. The number of hydrogen-bond donors (Lipinski definition) is 1. The molecule has 1 unspecified atom stereocenters. The van der Waals surface area contributed by atoms with Crippen LogP contribution in [0.25, 0.3) is 0 Å². The summed E-state index contributed by atoms with van der Waals surface area (Å²) in [5, 5.41) is 4.04. The van der Waals surface area contributed by atoms with Gasteiger partial charge in [0.1, 0.15) is 5.54 Å². The van der Waals surface area contributed by atoms with Gasteiger partial charge in [0.05, 0.1) is 12.8 Å². The minimum atomic E-state index is -0.962. The second-order valence-corrected chi connectivity index (χ2v) is 4.83. The van der Waals surface area contributed by atoms with Gasteiger partial charge in [-0.25, -0.2) is 0 Å². The van der Waals surface area contributed by atoms with Crippen LogP contribution in [-0.2, 0) is 16.6 Å². The number of aromatic nitrogens is 2. The van der Waals surface area contributed by atoms with Gasteiger partial charge < -0.3 is 10.5 Å². The number of nitrogens with two attached hydrogens (primary N) is 1. The Balaban J connectivity index is 2.50. The van der Waals surface area contributed by atoms with Crippen molar-refractivity contribution in [3.8, 4) is 0 Å². The van der Waals surface area contributed by atoms with E-state index in [4.69, 9.17) is 10.5 Å². The number of rotatable bonds is 5. The molecular weight excluding hydrogens is 226 g/mol. The molecule has 5 nitrogen and oxygen atoms in total. The first-order chi connectivity index (χ1) is 7.45. The predicted octanol–water partition coefficient (Wildman–Crippen LogP) is 0.793. The van der Waals surface area contributed by atoms with Gasteiger partial charge in [-0.05, 0) is 13.8 Å². The molecular formula is C10H17N3O2S. The summed E-state index contributed by atoms with van der Waals surface area (Å²) in [5.41, 5.74) is 4.92. The summed E-state index contributed by atoms with van der Waals surface area (Å²) < 4.78 is 6.61. The molecule has 16 heavy (non-hydrogen) atoms. The van der Waals surface area contributed by atoms with Gasteiger partial charge in [-0.15, -0.1) is 11.8 Å². The smallest absolute Gasteiger partial charge is 0.326 e. The van der Waals surface area contributed by atoms with E-state index in [0.29, 0.717) is 12.4 Å². The summed E-state index contributed by atoms with van der Waals surface area (Å²) in [6.45, 7) is 3.79. The summed E-state index contributed by atoms with van der Waals surface area (Å²) in [6, 6.07) is 0. The number of carbonyl (C=O) groups is 1. The maximum atomic E-state index is 11.5. The van der Waals surface area contributed by atoms with Gasteiger partial charge in [-0.3, -0.25) is 9.48 Å². The van der Waals surface area contributed by atoms with Crippen LogP contribution in [0.1, 0.15) is 13.8 Å². The van der Waals surface area contributed by atoms with Crippen molar-refractivity contribution >= 4 is 17.7 Å². The van der Waals surface area contributed by atoms with Crippen molar-refractivity contribution in [1.29, 1.82) is 0 Å². The molecule has 1 aromatic rings. The lowest BCUT2D eigenvalue weighted by atomic mass is 10.1. The fraction of sp³-hybridized carbons (Fsp3) is 0.600. The highest BCUT2D eigenvalue weighted by Crippen LogP contribution is 2.21. The van der Waals surface area contributed by atoms with Crippen LogP contribution in [0.5, 0.6) is 0 Å². The summed E-state index contributed by atoms with van der Waals surface area (Å²) in [7, 11) is 1.84. The molecule has 0 bridgehead atoms. The molecule has 0 saturated carbocycles. The van der Waals surface area contributed by atoms with Crippen molar-refractivity contribution < 1.29 is 9.53 Å². The Bertz CT molecular complexity index is 363. The van der Waals surface area contributed by atoms with Gasteiger partial charge >= 0.3 is 5.97 Å². The molecule has 0 fully saturated rings. The number of esters is 1. The molecule has 1 atom stereocenters. The standard InChI is InChI=1S/C10H17N3O2S/c1-4-15-9(14)10(2,11)7-16-8-5-12-13(3)6-8/h5-6H,4,7,11H2,1-3H3. The van der Waals surface area contributed by atoms with Crippen molar-refractivity contribution in [2.45, 2.75) is 24.3 Å². The average molecular weight is 243 g/mol. The number of thioether (sulfide) groups is 1. The Morgan fingerprint density at radius 1 is 1.75 bits per heavy atom. The summed E-state index contributed by atoms with van der Waals surface area (Å²) in [4.78, 5) is 12.5. The Hall–Kier alpha value is -1.01. The molecule has 6 heteroatoms. The zero-order valence-corrected chi connectivity index (χ0v) is 10.6. The largest absolute Gasteiger partial charge is 0.465 e. The van der Waals surface area contributed by atoms with E-state index in [1.54, 1.807) is 24.7 Å². The van der Waals surface area contributed by atoms with Gasteiger partial charge in [0, 0.05) is 23.9 Å².